The summed E-state index contributed by atoms with van der Waals surface area (Å²) in [6.45, 7) is 0. The Morgan fingerprint density at radius 3 is 2.53 bits per heavy atom. The molecule has 1 heterocycles. The van der Waals surface area contributed by atoms with Crippen molar-refractivity contribution in [1.82, 2.24) is 5.16 Å². The maximum Gasteiger partial charge on any atom is 0.230 e. The van der Waals surface area contributed by atoms with Crippen LogP contribution in [0.2, 0.25) is 0 Å². The molecule has 0 saturated heterocycles. The van der Waals surface area contributed by atoms with Crippen LogP contribution in [0.5, 0.6) is 0 Å². The van der Waals surface area contributed by atoms with Crippen LogP contribution in [0.25, 0.3) is 11.1 Å². The Bertz CT molecular complexity index is 513. The fourth-order valence-corrected chi connectivity index (χ4v) is 1.49. The van der Waals surface area contributed by atoms with Gasteiger partial charge in [-0.25, -0.2) is 8.78 Å². The number of aromatic nitrogens is 1. The van der Waals surface area contributed by atoms with Gasteiger partial charge in [-0.1, -0.05) is 5.16 Å². The number of hydrogen-bond acceptors (Lipinski definition) is 3. The van der Waals surface area contributed by atoms with Crippen molar-refractivity contribution in [3.8, 4) is 11.1 Å². The first-order chi connectivity index (χ1) is 7.11. The van der Waals surface area contributed by atoms with Crippen molar-refractivity contribution in [3.63, 3.8) is 0 Å². The molecule has 15 heavy (non-hydrogen) atoms. The van der Waals surface area contributed by atoms with Crippen molar-refractivity contribution in [1.29, 1.82) is 0 Å². The minimum Gasteiger partial charge on any atom is -0.367 e. The van der Waals surface area contributed by atoms with E-state index in [0.29, 0.717) is 0 Å². The summed E-state index contributed by atoms with van der Waals surface area (Å²) in [4.78, 5) is 0. The Morgan fingerprint density at radius 1 is 1.20 bits per heavy atom. The van der Waals surface area contributed by atoms with Crippen LogP contribution in [0.4, 0.5) is 14.7 Å². The lowest BCUT2D eigenvalue weighted by Crippen LogP contribution is -1.92. The highest BCUT2D eigenvalue weighted by molar-refractivity contribution is 9.10. The zero-order valence-corrected chi connectivity index (χ0v) is 8.88. The Balaban J connectivity index is 2.65. The molecule has 0 fully saturated rings. The second-order valence-electron chi connectivity index (χ2n) is 2.83. The summed E-state index contributed by atoms with van der Waals surface area (Å²) >= 11 is 2.88. The third kappa shape index (κ3) is 1.61. The van der Waals surface area contributed by atoms with E-state index < -0.39 is 11.6 Å². The quantitative estimate of drug-likeness (QED) is 0.814. The predicted molar refractivity (Wildman–Crippen MR) is 54.0 cm³/mol. The molecule has 2 rings (SSSR count). The molecule has 6 heteroatoms. The topological polar surface area (TPSA) is 52.0 Å². The molecule has 0 atom stereocenters. The van der Waals surface area contributed by atoms with Gasteiger partial charge in [0.2, 0.25) is 5.88 Å². The summed E-state index contributed by atoms with van der Waals surface area (Å²) in [5, 5.41) is 3.39. The lowest BCUT2D eigenvalue weighted by molar-refractivity contribution is 0.436. The standard InChI is InChI=1S/C9H5BrF2N2O/c10-6-2-1-4(7(11)8(6)12)5-3-14-15-9(5)13/h1-3H,13H2. The Morgan fingerprint density at radius 2 is 1.93 bits per heavy atom. The van der Waals surface area contributed by atoms with E-state index in [0.717, 1.165) is 0 Å². The van der Waals surface area contributed by atoms with Gasteiger partial charge in [-0.3, -0.25) is 0 Å². The van der Waals surface area contributed by atoms with E-state index in [-0.39, 0.29) is 21.5 Å². The molecule has 3 nitrogen and oxygen atoms in total. The summed E-state index contributed by atoms with van der Waals surface area (Å²) in [5.41, 5.74) is 5.66. The van der Waals surface area contributed by atoms with Gasteiger partial charge in [0.1, 0.15) is 0 Å². The summed E-state index contributed by atoms with van der Waals surface area (Å²) in [6.07, 6.45) is 1.24. The smallest absolute Gasteiger partial charge is 0.230 e. The Kier molecular flexibility index (Phi) is 2.44. The first-order valence-electron chi connectivity index (χ1n) is 3.95. The minimum absolute atomic E-state index is 0.0226. The Labute approximate surface area is 92.0 Å². The molecule has 0 unspecified atom stereocenters. The third-order valence-electron chi connectivity index (χ3n) is 1.92. The third-order valence-corrected chi connectivity index (χ3v) is 2.54. The molecule has 0 bridgehead atoms. The van der Waals surface area contributed by atoms with E-state index in [1.54, 1.807) is 0 Å². The fraction of sp³-hybridized carbons (Fsp3) is 0. The van der Waals surface area contributed by atoms with Crippen LogP contribution in [0.15, 0.2) is 27.3 Å². The first-order valence-corrected chi connectivity index (χ1v) is 4.74. The molecule has 2 N–H and O–H groups in total. The van der Waals surface area contributed by atoms with E-state index in [9.17, 15) is 8.78 Å². The van der Waals surface area contributed by atoms with E-state index in [1.165, 1.54) is 18.3 Å². The average Bonchev–Trinajstić information content (AvgIpc) is 2.62. The normalized spacial score (nSPS) is 10.6. The monoisotopic (exact) mass is 274 g/mol. The average molecular weight is 275 g/mol. The highest BCUT2D eigenvalue weighted by atomic mass is 79.9. The van der Waals surface area contributed by atoms with Gasteiger partial charge in [0.15, 0.2) is 11.6 Å². The number of nitrogen functional groups attached to an aromatic ring is 1. The van der Waals surface area contributed by atoms with Crippen LogP contribution < -0.4 is 5.73 Å². The van der Waals surface area contributed by atoms with Crippen molar-refractivity contribution < 1.29 is 13.3 Å². The second kappa shape index (κ2) is 3.62. The number of nitrogens with two attached hydrogens (primary N) is 1. The van der Waals surface area contributed by atoms with Crippen LogP contribution >= 0.6 is 15.9 Å². The van der Waals surface area contributed by atoms with Crippen molar-refractivity contribution >= 4 is 21.8 Å². The molecule has 0 amide bonds. The number of nitrogens with zero attached hydrogens (tertiary/aromatic N) is 1. The van der Waals surface area contributed by atoms with Crippen LogP contribution in [-0.2, 0) is 0 Å². The number of anilines is 1. The van der Waals surface area contributed by atoms with Crippen molar-refractivity contribution in [2.75, 3.05) is 5.73 Å². The molecule has 0 saturated carbocycles. The molecule has 0 spiro atoms. The minimum atomic E-state index is -0.987. The largest absolute Gasteiger partial charge is 0.367 e. The predicted octanol–water partition coefficient (Wildman–Crippen LogP) is 2.96. The van der Waals surface area contributed by atoms with Gasteiger partial charge < -0.3 is 10.3 Å². The van der Waals surface area contributed by atoms with E-state index >= 15 is 0 Å². The molecule has 78 valence electrons. The van der Waals surface area contributed by atoms with Crippen LogP contribution in [0.1, 0.15) is 0 Å². The van der Waals surface area contributed by atoms with Crippen molar-refractivity contribution in [2.24, 2.45) is 0 Å². The second-order valence-corrected chi connectivity index (χ2v) is 3.68. The van der Waals surface area contributed by atoms with Gasteiger partial charge in [-0.15, -0.1) is 0 Å². The first kappa shape index (κ1) is 10.1. The molecule has 2 aromatic rings. The molecule has 0 aliphatic heterocycles. The van der Waals surface area contributed by atoms with Crippen molar-refractivity contribution in [2.45, 2.75) is 0 Å². The molecule has 1 aromatic carbocycles. The van der Waals surface area contributed by atoms with Crippen molar-refractivity contribution in [3.05, 3.63) is 34.4 Å². The zero-order chi connectivity index (χ0) is 11.0. The highest BCUT2D eigenvalue weighted by Gasteiger charge is 2.17. The summed E-state index contributed by atoms with van der Waals surface area (Å²) < 4.78 is 31.3. The summed E-state index contributed by atoms with van der Waals surface area (Å²) in [5.74, 6) is -2.00. The van der Waals surface area contributed by atoms with Crippen LogP contribution in [-0.4, -0.2) is 5.16 Å². The summed E-state index contributed by atoms with van der Waals surface area (Å²) in [7, 11) is 0. The van der Waals surface area contributed by atoms with Gasteiger partial charge in [-0.05, 0) is 28.1 Å². The Hall–Kier alpha value is -1.43. The van der Waals surface area contributed by atoms with Crippen LogP contribution in [0.3, 0.4) is 0 Å². The molecule has 0 aliphatic carbocycles. The number of benzene rings is 1. The molecule has 0 aliphatic rings. The van der Waals surface area contributed by atoms with Gasteiger partial charge >= 0.3 is 0 Å². The lowest BCUT2D eigenvalue weighted by atomic mass is 10.1. The van der Waals surface area contributed by atoms with Crippen LogP contribution in [0, 0.1) is 11.6 Å². The maximum absolute atomic E-state index is 13.5. The highest BCUT2D eigenvalue weighted by Crippen LogP contribution is 2.31. The number of rotatable bonds is 1. The summed E-state index contributed by atoms with van der Waals surface area (Å²) in [6, 6.07) is 2.78. The number of hydrogen-bond donors (Lipinski definition) is 1. The van der Waals surface area contributed by atoms with E-state index in [4.69, 9.17) is 5.73 Å². The van der Waals surface area contributed by atoms with E-state index in [2.05, 4.69) is 25.6 Å². The van der Waals surface area contributed by atoms with Gasteiger partial charge in [0, 0.05) is 5.56 Å². The van der Waals surface area contributed by atoms with Gasteiger partial charge in [0.25, 0.3) is 0 Å². The lowest BCUT2D eigenvalue weighted by Gasteiger charge is -2.02. The molecular weight excluding hydrogens is 270 g/mol. The molecular formula is C9H5BrF2N2O. The fourth-order valence-electron chi connectivity index (χ4n) is 1.18. The number of halogens is 3. The van der Waals surface area contributed by atoms with E-state index in [1.807, 2.05) is 0 Å². The van der Waals surface area contributed by atoms with Gasteiger partial charge in [-0.2, -0.15) is 0 Å². The van der Waals surface area contributed by atoms with Gasteiger partial charge in [0.05, 0.1) is 16.2 Å². The SMILES string of the molecule is Nc1oncc1-c1ccc(Br)c(F)c1F. The maximum atomic E-state index is 13.5. The molecule has 0 radical (unpaired) electrons. The molecule has 1 aromatic heterocycles. The zero-order valence-electron chi connectivity index (χ0n) is 7.30.